The molecule has 35 heavy (non-hydrogen) atoms. The van der Waals surface area contributed by atoms with Crippen LogP contribution in [0.2, 0.25) is 0 Å². The highest BCUT2D eigenvalue weighted by atomic mass is 32.2. The van der Waals surface area contributed by atoms with Gasteiger partial charge in [-0.15, -0.1) is 16.4 Å². The van der Waals surface area contributed by atoms with Crippen molar-refractivity contribution >= 4 is 33.3 Å². The third-order valence-electron chi connectivity index (χ3n) is 7.12. The van der Waals surface area contributed by atoms with Gasteiger partial charge in [0.05, 0.1) is 21.5 Å². The molecule has 6 nitrogen and oxygen atoms in total. The lowest BCUT2D eigenvalue weighted by atomic mass is 9.72. The van der Waals surface area contributed by atoms with Gasteiger partial charge in [-0.05, 0) is 43.9 Å². The molecule has 1 atom stereocenters. The Kier molecular flexibility index (Phi) is 5.38. The van der Waals surface area contributed by atoms with E-state index in [-0.39, 0.29) is 4.90 Å². The molecule has 8 heteroatoms. The lowest BCUT2D eigenvalue weighted by Crippen LogP contribution is -2.32. The van der Waals surface area contributed by atoms with E-state index in [1.807, 2.05) is 55.0 Å². The van der Waals surface area contributed by atoms with Crippen molar-refractivity contribution < 1.29 is 8.42 Å². The van der Waals surface area contributed by atoms with Gasteiger partial charge in [0.15, 0.2) is 5.82 Å². The van der Waals surface area contributed by atoms with Crippen LogP contribution in [0.3, 0.4) is 0 Å². The van der Waals surface area contributed by atoms with E-state index in [1.54, 1.807) is 23.5 Å². The average molecular weight is 503 g/mol. The summed E-state index contributed by atoms with van der Waals surface area (Å²) in [6.07, 6.45) is 9.91. The predicted molar refractivity (Wildman–Crippen MR) is 139 cm³/mol. The second-order valence-corrected chi connectivity index (χ2v) is 12.0. The van der Waals surface area contributed by atoms with Gasteiger partial charge in [-0.1, -0.05) is 60.2 Å². The summed E-state index contributed by atoms with van der Waals surface area (Å²) in [5.74, 6) is 0.641. The summed E-state index contributed by atoms with van der Waals surface area (Å²) in [4.78, 5) is 5.65. The second kappa shape index (κ2) is 8.46. The van der Waals surface area contributed by atoms with Gasteiger partial charge in [0, 0.05) is 29.1 Å². The summed E-state index contributed by atoms with van der Waals surface area (Å²) < 4.78 is 29.0. The summed E-state index contributed by atoms with van der Waals surface area (Å²) in [5, 5.41) is 8.18. The van der Waals surface area contributed by atoms with E-state index in [2.05, 4.69) is 33.6 Å². The SMILES string of the molecule is Cc1ccc(S(=O)(=O)n2nc(NC3CCC3)c3c2CC(c2ccccc2)(c2cncs2)C=C3)cc1. The van der Waals surface area contributed by atoms with Gasteiger partial charge in [-0.3, -0.25) is 4.98 Å². The number of nitrogens with one attached hydrogen (secondary N) is 1. The van der Waals surface area contributed by atoms with Crippen molar-refractivity contribution in [3.8, 4) is 0 Å². The van der Waals surface area contributed by atoms with E-state index >= 15 is 0 Å². The first-order valence-corrected chi connectivity index (χ1v) is 14.1. The summed E-state index contributed by atoms with van der Waals surface area (Å²) in [6.45, 7) is 1.95. The highest BCUT2D eigenvalue weighted by molar-refractivity contribution is 7.89. The smallest absolute Gasteiger partial charge is 0.283 e. The van der Waals surface area contributed by atoms with Crippen LogP contribution in [0.25, 0.3) is 6.08 Å². The molecular weight excluding hydrogens is 476 g/mol. The topological polar surface area (TPSA) is 76.9 Å². The summed E-state index contributed by atoms with van der Waals surface area (Å²) in [5.41, 5.74) is 4.95. The fraction of sp³-hybridized carbons (Fsp3) is 0.259. The molecule has 1 N–H and O–H groups in total. The van der Waals surface area contributed by atoms with Crippen molar-refractivity contribution in [2.45, 2.75) is 49.0 Å². The van der Waals surface area contributed by atoms with Crippen LogP contribution in [0.5, 0.6) is 0 Å². The zero-order valence-corrected chi connectivity index (χ0v) is 21.0. The Morgan fingerprint density at radius 3 is 2.51 bits per heavy atom. The van der Waals surface area contributed by atoms with Crippen LogP contribution >= 0.6 is 11.3 Å². The molecule has 0 spiro atoms. The van der Waals surface area contributed by atoms with Crippen LogP contribution in [0.1, 0.15) is 46.5 Å². The largest absolute Gasteiger partial charge is 0.365 e. The number of aromatic nitrogens is 3. The third kappa shape index (κ3) is 3.72. The van der Waals surface area contributed by atoms with Crippen LogP contribution in [0.4, 0.5) is 5.82 Å². The van der Waals surface area contributed by atoms with Gasteiger partial charge < -0.3 is 5.32 Å². The molecule has 2 heterocycles. The van der Waals surface area contributed by atoms with Crippen molar-refractivity contribution in [1.29, 1.82) is 0 Å². The number of benzene rings is 2. The molecule has 6 rings (SSSR count). The lowest BCUT2D eigenvalue weighted by molar-refractivity contribution is 0.444. The summed E-state index contributed by atoms with van der Waals surface area (Å²) in [7, 11) is -3.88. The van der Waals surface area contributed by atoms with Crippen molar-refractivity contribution in [2.24, 2.45) is 0 Å². The first-order chi connectivity index (χ1) is 17.0. The van der Waals surface area contributed by atoms with Gasteiger partial charge in [0.2, 0.25) is 0 Å². The first-order valence-electron chi connectivity index (χ1n) is 11.8. The van der Waals surface area contributed by atoms with Crippen molar-refractivity contribution in [3.63, 3.8) is 0 Å². The van der Waals surface area contributed by atoms with Gasteiger partial charge in [0.1, 0.15) is 0 Å². The van der Waals surface area contributed by atoms with Gasteiger partial charge in [0.25, 0.3) is 10.0 Å². The Morgan fingerprint density at radius 1 is 1.09 bits per heavy atom. The molecular formula is C27H26N4O2S2. The monoisotopic (exact) mass is 502 g/mol. The van der Waals surface area contributed by atoms with Crippen LogP contribution < -0.4 is 5.32 Å². The number of aryl methyl sites for hydroxylation is 1. The molecule has 4 aromatic rings. The van der Waals surface area contributed by atoms with Crippen molar-refractivity contribution in [1.82, 2.24) is 14.2 Å². The Morgan fingerprint density at radius 2 is 1.86 bits per heavy atom. The molecule has 1 fully saturated rings. The summed E-state index contributed by atoms with van der Waals surface area (Å²) in [6, 6.07) is 17.5. The number of allylic oxidation sites excluding steroid dienone is 1. The number of hydrogen-bond acceptors (Lipinski definition) is 6. The number of thiazole rings is 1. The molecule has 0 amide bonds. The molecule has 2 aromatic carbocycles. The highest BCUT2D eigenvalue weighted by Gasteiger charge is 2.41. The van der Waals surface area contributed by atoms with E-state index in [0.717, 1.165) is 34.4 Å². The van der Waals surface area contributed by atoms with Crippen molar-refractivity contribution in [3.05, 3.63) is 99.6 Å². The summed E-state index contributed by atoms with van der Waals surface area (Å²) >= 11 is 1.58. The van der Waals surface area contributed by atoms with Gasteiger partial charge in [-0.25, -0.2) is 0 Å². The molecule has 1 saturated carbocycles. The molecule has 0 radical (unpaired) electrons. The standard InChI is InChI=1S/C27H26N4O2S2/c1-19-10-12-22(13-11-19)35(32,33)31-24-16-27(25-17-28-18-34-25,20-6-3-2-4-7-20)15-14-23(24)26(30-31)29-21-8-5-9-21/h2-4,6-7,10-15,17-18,21H,5,8-9,16H2,1H3,(H,29,30). The van der Waals surface area contributed by atoms with E-state index in [0.29, 0.717) is 24.0 Å². The minimum atomic E-state index is -3.88. The van der Waals surface area contributed by atoms with E-state index in [1.165, 1.54) is 10.5 Å². The maximum atomic E-state index is 13.9. The molecule has 2 aliphatic rings. The Balaban J connectivity index is 1.54. The van der Waals surface area contributed by atoms with Crippen LogP contribution in [0, 0.1) is 6.92 Å². The van der Waals surface area contributed by atoms with E-state index in [4.69, 9.17) is 0 Å². The van der Waals surface area contributed by atoms with Crippen LogP contribution in [-0.2, 0) is 21.9 Å². The second-order valence-electron chi connectivity index (χ2n) is 9.36. The van der Waals surface area contributed by atoms with E-state index in [9.17, 15) is 8.42 Å². The fourth-order valence-electron chi connectivity index (χ4n) is 4.87. The maximum Gasteiger partial charge on any atom is 0.283 e. The zero-order valence-electron chi connectivity index (χ0n) is 19.4. The Labute approximate surface area is 209 Å². The molecule has 0 saturated heterocycles. The number of anilines is 1. The molecule has 2 aliphatic carbocycles. The quantitative estimate of drug-likeness (QED) is 0.382. The molecule has 2 aromatic heterocycles. The van der Waals surface area contributed by atoms with Crippen LogP contribution in [-0.4, -0.2) is 28.6 Å². The lowest BCUT2D eigenvalue weighted by Gasteiger charge is -2.33. The van der Waals surface area contributed by atoms with Gasteiger partial charge in [-0.2, -0.15) is 12.5 Å². The van der Waals surface area contributed by atoms with Crippen LogP contribution in [0.15, 0.2) is 77.3 Å². The fourth-order valence-corrected chi connectivity index (χ4v) is 7.02. The Bertz CT molecular complexity index is 1490. The number of nitrogens with zero attached hydrogens (tertiary/aromatic N) is 3. The minimum Gasteiger partial charge on any atom is -0.365 e. The van der Waals surface area contributed by atoms with Gasteiger partial charge >= 0.3 is 0 Å². The number of rotatable bonds is 6. The highest BCUT2D eigenvalue weighted by Crippen LogP contribution is 2.45. The molecule has 0 bridgehead atoms. The first kappa shape index (κ1) is 22.2. The number of fused-ring (bicyclic) bond motifs is 1. The normalized spacial score (nSPS) is 19.8. The zero-order chi connectivity index (χ0) is 24.0. The molecule has 0 aliphatic heterocycles. The minimum absolute atomic E-state index is 0.237. The van der Waals surface area contributed by atoms with E-state index < -0.39 is 15.4 Å². The average Bonchev–Trinajstić information content (AvgIpc) is 3.51. The number of hydrogen-bond donors (Lipinski definition) is 1. The maximum absolute atomic E-state index is 13.9. The molecule has 1 unspecified atom stereocenters. The Hall–Kier alpha value is -3.23. The molecule has 178 valence electrons. The third-order valence-corrected chi connectivity index (χ3v) is 9.70. The van der Waals surface area contributed by atoms with Crippen molar-refractivity contribution in [2.75, 3.05) is 5.32 Å². The predicted octanol–water partition coefficient (Wildman–Crippen LogP) is 5.41.